The summed E-state index contributed by atoms with van der Waals surface area (Å²) in [6, 6.07) is 4.27. The first kappa shape index (κ1) is 13.2. The Kier molecular flexibility index (Phi) is 3.57. The quantitative estimate of drug-likeness (QED) is 0.829. The predicted molar refractivity (Wildman–Crippen MR) is 65.8 cm³/mol. The average molecular weight is 285 g/mol. The molecule has 8 heteroatoms. The van der Waals surface area contributed by atoms with Crippen molar-refractivity contribution in [3.63, 3.8) is 0 Å². The van der Waals surface area contributed by atoms with E-state index < -0.39 is 17.5 Å². The van der Waals surface area contributed by atoms with Crippen LogP contribution in [0.4, 0.5) is 20.3 Å². The van der Waals surface area contributed by atoms with Crippen molar-refractivity contribution in [2.24, 2.45) is 0 Å². The van der Waals surface area contributed by atoms with Crippen molar-refractivity contribution in [2.75, 3.05) is 11.1 Å². The third kappa shape index (κ3) is 2.94. The summed E-state index contributed by atoms with van der Waals surface area (Å²) < 4.78 is 25.9. The van der Waals surface area contributed by atoms with E-state index in [1.807, 2.05) is 0 Å². The highest BCUT2D eigenvalue weighted by atomic mass is 35.5. The second-order valence-electron chi connectivity index (χ2n) is 3.55. The van der Waals surface area contributed by atoms with Gasteiger partial charge in [-0.15, -0.1) is 10.2 Å². The van der Waals surface area contributed by atoms with Gasteiger partial charge >= 0.3 is 0 Å². The van der Waals surface area contributed by atoms with Crippen molar-refractivity contribution >= 4 is 29.0 Å². The molecule has 0 saturated heterocycles. The monoisotopic (exact) mass is 284 g/mol. The number of anilines is 2. The molecule has 1 aromatic carbocycles. The zero-order valence-corrected chi connectivity index (χ0v) is 10.1. The van der Waals surface area contributed by atoms with E-state index in [2.05, 4.69) is 15.5 Å². The van der Waals surface area contributed by atoms with Crippen molar-refractivity contribution in [1.82, 2.24) is 10.2 Å². The van der Waals surface area contributed by atoms with Crippen LogP contribution in [0, 0.1) is 11.6 Å². The largest absolute Gasteiger partial charge is 0.398 e. The number of aromatic nitrogens is 2. The minimum absolute atomic E-state index is 0.110. The molecule has 2 aromatic rings. The number of hydrogen-bond donors (Lipinski definition) is 2. The van der Waals surface area contributed by atoms with Gasteiger partial charge in [-0.1, -0.05) is 11.6 Å². The number of nitrogens with one attached hydrogen (secondary N) is 1. The van der Waals surface area contributed by atoms with Gasteiger partial charge in [-0.3, -0.25) is 4.79 Å². The Morgan fingerprint density at radius 3 is 2.53 bits per heavy atom. The number of nitrogen functional groups attached to an aromatic ring is 1. The van der Waals surface area contributed by atoms with Gasteiger partial charge < -0.3 is 11.1 Å². The number of nitrogens with zero attached hydrogens (tertiary/aromatic N) is 2. The summed E-state index contributed by atoms with van der Waals surface area (Å²) in [4.78, 5) is 11.8. The number of carbonyl (C=O) groups excluding carboxylic acids is 1. The number of nitrogens with two attached hydrogens (primary N) is 1. The van der Waals surface area contributed by atoms with E-state index in [9.17, 15) is 13.6 Å². The number of rotatable bonds is 2. The minimum atomic E-state index is -1.17. The fourth-order valence-electron chi connectivity index (χ4n) is 1.33. The third-order valence-electron chi connectivity index (χ3n) is 2.21. The molecule has 19 heavy (non-hydrogen) atoms. The van der Waals surface area contributed by atoms with Crippen molar-refractivity contribution in [3.8, 4) is 0 Å². The molecule has 5 nitrogen and oxygen atoms in total. The third-order valence-corrected chi connectivity index (χ3v) is 2.41. The zero-order chi connectivity index (χ0) is 14.0. The Morgan fingerprint density at radius 1 is 1.21 bits per heavy atom. The molecule has 0 atom stereocenters. The van der Waals surface area contributed by atoms with Crippen LogP contribution in [0.2, 0.25) is 5.15 Å². The van der Waals surface area contributed by atoms with Gasteiger partial charge in [-0.2, -0.15) is 0 Å². The van der Waals surface area contributed by atoms with E-state index in [0.29, 0.717) is 6.07 Å². The lowest BCUT2D eigenvalue weighted by molar-refractivity contribution is 0.102. The van der Waals surface area contributed by atoms with Gasteiger partial charge in [-0.05, 0) is 18.2 Å². The standard InChI is InChI=1S/C11H7ClF2N4O/c12-9-1-2-10(18-17-9)16-11(19)5-3-6(13)7(14)4-8(5)15/h1-4H,15H2,(H,16,18,19). The molecular formula is C11H7ClF2N4O. The van der Waals surface area contributed by atoms with E-state index in [1.165, 1.54) is 12.1 Å². The van der Waals surface area contributed by atoms with Crippen LogP contribution in [0.15, 0.2) is 24.3 Å². The molecule has 3 N–H and O–H groups in total. The number of benzene rings is 1. The first-order valence-corrected chi connectivity index (χ1v) is 5.40. The van der Waals surface area contributed by atoms with E-state index in [1.54, 1.807) is 0 Å². The number of carbonyl (C=O) groups is 1. The zero-order valence-electron chi connectivity index (χ0n) is 9.32. The van der Waals surface area contributed by atoms with Crippen LogP contribution in [-0.2, 0) is 0 Å². The molecule has 0 aliphatic heterocycles. The highest BCUT2D eigenvalue weighted by molar-refractivity contribution is 6.29. The summed E-state index contributed by atoms with van der Waals surface area (Å²) in [5.41, 5.74) is 5.06. The van der Waals surface area contributed by atoms with Crippen LogP contribution in [0.5, 0.6) is 0 Å². The molecule has 0 bridgehead atoms. The highest BCUT2D eigenvalue weighted by Gasteiger charge is 2.15. The molecule has 1 aromatic heterocycles. The van der Waals surface area contributed by atoms with Gasteiger partial charge in [-0.25, -0.2) is 8.78 Å². The van der Waals surface area contributed by atoms with Crippen molar-refractivity contribution < 1.29 is 13.6 Å². The molecule has 0 fully saturated rings. The number of hydrogen-bond acceptors (Lipinski definition) is 4. The fraction of sp³-hybridized carbons (Fsp3) is 0. The van der Waals surface area contributed by atoms with Crippen LogP contribution in [0.1, 0.15) is 10.4 Å². The highest BCUT2D eigenvalue weighted by Crippen LogP contribution is 2.18. The Hall–Kier alpha value is -2.28. The van der Waals surface area contributed by atoms with E-state index in [4.69, 9.17) is 17.3 Å². The van der Waals surface area contributed by atoms with Crippen molar-refractivity contribution in [3.05, 3.63) is 46.6 Å². The van der Waals surface area contributed by atoms with Crippen LogP contribution in [0.25, 0.3) is 0 Å². The Morgan fingerprint density at radius 2 is 1.89 bits per heavy atom. The van der Waals surface area contributed by atoms with Gasteiger partial charge in [0.1, 0.15) is 0 Å². The molecule has 1 amide bonds. The Bertz CT molecular complexity index is 633. The number of amides is 1. The first-order valence-electron chi connectivity index (χ1n) is 5.02. The maximum absolute atomic E-state index is 13.1. The first-order chi connectivity index (χ1) is 8.97. The summed E-state index contributed by atoms with van der Waals surface area (Å²) in [5, 5.41) is 9.60. The van der Waals surface area contributed by atoms with Gasteiger partial charge in [0.15, 0.2) is 22.6 Å². The van der Waals surface area contributed by atoms with E-state index in [-0.39, 0.29) is 22.2 Å². The minimum Gasteiger partial charge on any atom is -0.398 e. The molecule has 0 unspecified atom stereocenters. The average Bonchev–Trinajstić information content (AvgIpc) is 2.36. The summed E-state index contributed by atoms with van der Waals surface area (Å²) in [6.07, 6.45) is 0. The summed E-state index contributed by atoms with van der Waals surface area (Å²) in [7, 11) is 0. The van der Waals surface area contributed by atoms with Crippen LogP contribution < -0.4 is 11.1 Å². The Balaban J connectivity index is 2.25. The fourth-order valence-corrected chi connectivity index (χ4v) is 1.43. The molecular weight excluding hydrogens is 278 g/mol. The molecule has 0 saturated carbocycles. The molecule has 1 heterocycles. The smallest absolute Gasteiger partial charge is 0.259 e. The van der Waals surface area contributed by atoms with Crippen LogP contribution in [0.3, 0.4) is 0 Å². The lowest BCUT2D eigenvalue weighted by Gasteiger charge is -2.07. The molecule has 2 rings (SSSR count). The molecule has 98 valence electrons. The van der Waals surface area contributed by atoms with Gasteiger partial charge in [0.2, 0.25) is 0 Å². The molecule has 0 aliphatic carbocycles. The van der Waals surface area contributed by atoms with E-state index >= 15 is 0 Å². The predicted octanol–water partition coefficient (Wildman–Crippen LogP) is 2.24. The van der Waals surface area contributed by atoms with Gasteiger partial charge in [0.25, 0.3) is 5.91 Å². The summed E-state index contributed by atoms with van der Waals surface area (Å²) in [5.74, 6) is -2.91. The second-order valence-corrected chi connectivity index (χ2v) is 3.94. The summed E-state index contributed by atoms with van der Waals surface area (Å²) >= 11 is 5.53. The van der Waals surface area contributed by atoms with Crippen LogP contribution in [-0.4, -0.2) is 16.1 Å². The lowest BCUT2D eigenvalue weighted by Crippen LogP contribution is -2.16. The van der Waals surface area contributed by atoms with E-state index in [0.717, 1.165) is 6.07 Å². The van der Waals surface area contributed by atoms with Crippen LogP contribution >= 0.6 is 11.6 Å². The maximum Gasteiger partial charge on any atom is 0.259 e. The second kappa shape index (κ2) is 5.15. The molecule has 0 radical (unpaired) electrons. The number of halogens is 3. The van der Waals surface area contributed by atoms with Gasteiger partial charge in [0, 0.05) is 11.8 Å². The van der Waals surface area contributed by atoms with Gasteiger partial charge in [0.05, 0.1) is 5.56 Å². The van der Waals surface area contributed by atoms with Crippen molar-refractivity contribution in [2.45, 2.75) is 0 Å². The topological polar surface area (TPSA) is 80.9 Å². The summed E-state index contributed by atoms with van der Waals surface area (Å²) in [6.45, 7) is 0. The van der Waals surface area contributed by atoms with Crippen molar-refractivity contribution in [1.29, 1.82) is 0 Å². The molecule has 0 aliphatic rings. The maximum atomic E-state index is 13.1. The SMILES string of the molecule is Nc1cc(F)c(F)cc1C(=O)Nc1ccc(Cl)nn1. The lowest BCUT2D eigenvalue weighted by atomic mass is 10.1. The molecule has 0 spiro atoms. The normalized spacial score (nSPS) is 10.3. The Labute approximate surface area is 111 Å².